The Kier molecular flexibility index (Phi) is 6.90. The molecule has 128 valence electrons. The number of amides is 1. The standard InChI is InChI=1S/C19H29NO3/c1-3-5-11-23-18-8-6-7-15(16(18)9-10-21)17-12-14(17)13-20-19(22)4-2/h6-8,14,17,21H,3-5,9-13H2,1-2H3,(H,20,22)/t14-,17+/m0/s1. The van der Waals surface area contributed by atoms with E-state index in [0.717, 1.165) is 43.7 Å². The SMILES string of the molecule is CCCCOc1cccc([C@@H]2C[C@H]2CNC(=O)CC)c1CCO. The van der Waals surface area contributed by atoms with Gasteiger partial charge in [-0.1, -0.05) is 32.4 Å². The number of carbonyl (C=O) groups is 1. The number of rotatable bonds is 10. The Bertz CT molecular complexity index is 515. The third-order valence-corrected chi connectivity index (χ3v) is 4.49. The summed E-state index contributed by atoms with van der Waals surface area (Å²) in [5.41, 5.74) is 2.42. The Balaban J connectivity index is 2.03. The molecule has 1 fully saturated rings. The third kappa shape index (κ3) is 4.96. The van der Waals surface area contributed by atoms with E-state index in [0.29, 0.717) is 24.7 Å². The number of hydrogen-bond donors (Lipinski definition) is 2. The van der Waals surface area contributed by atoms with Crippen molar-refractivity contribution in [2.24, 2.45) is 5.92 Å². The van der Waals surface area contributed by atoms with Crippen molar-refractivity contribution in [3.05, 3.63) is 29.3 Å². The van der Waals surface area contributed by atoms with Crippen molar-refractivity contribution in [2.75, 3.05) is 19.8 Å². The Morgan fingerprint density at radius 1 is 1.39 bits per heavy atom. The van der Waals surface area contributed by atoms with Crippen LogP contribution < -0.4 is 10.1 Å². The summed E-state index contributed by atoms with van der Waals surface area (Å²) < 4.78 is 5.92. The van der Waals surface area contributed by atoms with Gasteiger partial charge < -0.3 is 15.2 Å². The molecule has 2 rings (SSSR count). The lowest BCUT2D eigenvalue weighted by atomic mass is 9.98. The molecule has 1 aliphatic carbocycles. The quantitative estimate of drug-likeness (QED) is 0.652. The van der Waals surface area contributed by atoms with Crippen LogP contribution in [0.25, 0.3) is 0 Å². The number of benzene rings is 1. The van der Waals surface area contributed by atoms with Gasteiger partial charge in [0.15, 0.2) is 0 Å². The smallest absolute Gasteiger partial charge is 0.219 e. The first-order valence-electron chi connectivity index (χ1n) is 8.83. The summed E-state index contributed by atoms with van der Waals surface area (Å²) in [4.78, 5) is 11.4. The molecule has 1 aromatic rings. The van der Waals surface area contributed by atoms with Crippen LogP contribution in [0.3, 0.4) is 0 Å². The van der Waals surface area contributed by atoms with E-state index < -0.39 is 0 Å². The minimum Gasteiger partial charge on any atom is -0.493 e. The molecule has 0 heterocycles. The zero-order valence-electron chi connectivity index (χ0n) is 14.3. The van der Waals surface area contributed by atoms with Gasteiger partial charge in [0.2, 0.25) is 5.91 Å². The molecular weight excluding hydrogens is 290 g/mol. The van der Waals surface area contributed by atoms with Crippen LogP contribution in [0.5, 0.6) is 5.75 Å². The lowest BCUT2D eigenvalue weighted by molar-refractivity contribution is -0.120. The van der Waals surface area contributed by atoms with Gasteiger partial charge in [0.25, 0.3) is 0 Å². The van der Waals surface area contributed by atoms with Gasteiger partial charge in [-0.2, -0.15) is 0 Å². The van der Waals surface area contributed by atoms with E-state index in [1.165, 1.54) is 5.56 Å². The lowest BCUT2D eigenvalue weighted by Crippen LogP contribution is -2.24. The van der Waals surface area contributed by atoms with E-state index in [4.69, 9.17) is 4.74 Å². The number of carbonyl (C=O) groups excluding carboxylic acids is 1. The Hall–Kier alpha value is -1.55. The number of aliphatic hydroxyl groups excluding tert-OH is 1. The van der Waals surface area contributed by atoms with Crippen molar-refractivity contribution in [3.8, 4) is 5.75 Å². The van der Waals surface area contributed by atoms with Gasteiger partial charge in [-0.05, 0) is 48.3 Å². The maximum absolute atomic E-state index is 11.4. The molecule has 0 aromatic heterocycles. The van der Waals surface area contributed by atoms with Crippen molar-refractivity contribution in [1.29, 1.82) is 0 Å². The van der Waals surface area contributed by atoms with E-state index in [2.05, 4.69) is 18.3 Å². The average molecular weight is 319 g/mol. The summed E-state index contributed by atoms with van der Waals surface area (Å²) in [5.74, 6) is 2.01. The molecule has 0 bridgehead atoms. The second kappa shape index (κ2) is 8.92. The van der Waals surface area contributed by atoms with Crippen LogP contribution in [-0.4, -0.2) is 30.8 Å². The zero-order valence-corrected chi connectivity index (χ0v) is 14.3. The molecule has 2 N–H and O–H groups in total. The molecule has 0 saturated heterocycles. The molecule has 0 unspecified atom stereocenters. The highest BCUT2D eigenvalue weighted by molar-refractivity contribution is 5.75. The highest BCUT2D eigenvalue weighted by Crippen LogP contribution is 2.49. The lowest BCUT2D eigenvalue weighted by Gasteiger charge is -2.15. The number of hydrogen-bond acceptors (Lipinski definition) is 3. The molecule has 1 aromatic carbocycles. The summed E-state index contributed by atoms with van der Waals surface area (Å²) in [6.07, 6.45) is 4.41. The highest BCUT2D eigenvalue weighted by atomic mass is 16.5. The van der Waals surface area contributed by atoms with Gasteiger partial charge in [-0.3, -0.25) is 4.79 Å². The molecule has 1 amide bonds. The van der Waals surface area contributed by atoms with E-state index >= 15 is 0 Å². The van der Waals surface area contributed by atoms with E-state index in [1.807, 2.05) is 19.1 Å². The molecule has 4 nitrogen and oxygen atoms in total. The van der Waals surface area contributed by atoms with E-state index in [1.54, 1.807) is 0 Å². The minimum atomic E-state index is 0.114. The van der Waals surface area contributed by atoms with Crippen molar-refractivity contribution < 1.29 is 14.6 Å². The first kappa shape index (κ1) is 17.8. The monoisotopic (exact) mass is 319 g/mol. The van der Waals surface area contributed by atoms with Crippen LogP contribution in [0.15, 0.2) is 18.2 Å². The van der Waals surface area contributed by atoms with Crippen LogP contribution in [0, 0.1) is 5.92 Å². The fraction of sp³-hybridized carbons (Fsp3) is 0.632. The summed E-state index contributed by atoms with van der Waals surface area (Å²) >= 11 is 0. The molecule has 1 saturated carbocycles. The van der Waals surface area contributed by atoms with Crippen LogP contribution >= 0.6 is 0 Å². The largest absolute Gasteiger partial charge is 0.493 e. The van der Waals surface area contributed by atoms with Gasteiger partial charge in [0.05, 0.1) is 6.61 Å². The summed E-state index contributed by atoms with van der Waals surface area (Å²) in [7, 11) is 0. The second-order valence-electron chi connectivity index (χ2n) is 6.26. The molecule has 23 heavy (non-hydrogen) atoms. The molecule has 0 aliphatic heterocycles. The van der Waals surface area contributed by atoms with Crippen molar-refractivity contribution in [3.63, 3.8) is 0 Å². The van der Waals surface area contributed by atoms with Crippen LogP contribution in [0.1, 0.15) is 56.6 Å². The molecule has 0 spiro atoms. The predicted octanol–water partition coefficient (Wildman–Crippen LogP) is 3.03. The van der Waals surface area contributed by atoms with E-state index in [-0.39, 0.29) is 12.5 Å². The molecular formula is C19H29NO3. The first-order chi connectivity index (χ1) is 11.2. The van der Waals surface area contributed by atoms with E-state index in [9.17, 15) is 9.90 Å². The number of unbranched alkanes of at least 4 members (excludes halogenated alkanes) is 1. The normalized spacial score (nSPS) is 19.4. The Morgan fingerprint density at radius 2 is 2.22 bits per heavy atom. The van der Waals surface area contributed by atoms with Crippen LogP contribution in [0.2, 0.25) is 0 Å². The Morgan fingerprint density at radius 3 is 2.91 bits per heavy atom. The molecule has 4 heteroatoms. The number of aliphatic hydroxyl groups is 1. The van der Waals surface area contributed by atoms with Crippen LogP contribution in [-0.2, 0) is 11.2 Å². The fourth-order valence-corrected chi connectivity index (χ4v) is 3.00. The minimum absolute atomic E-state index is 0.114. The zero-order chi connectivity index (χ0) is 16.7. The molecule has 1 aliphatic rings. The first-order valence-corrected chi connectivity index (χ1v) is 8.83. The predicted molar refractivity (Wildman–Crippen MR) is 91.8 cm³/mol. The molecule has 2 atom stereocenters. The van der Waals surface area contributed by atoms with Crippen molar-refractivity contribution in [1.82, 2.24) is 5.32 Å². The highest BCUT2D eigenvalue weighted by Gasteiger charge is 2.39. The molecule has 0 radical (unpaired) electrons. The Labute approximate surface area is 139 Å². The average Bonchev–Trinajstić information content (AvgIpc) is 3.33. The third-order valence-electron chi connectivity index (χ3n) is 4.49. The number of nitrogens with one attached hydrogen (secondary N) is 1. The van der Waals surface area contributed by atoms with Gasteiger partial charge in [-0.25, -0.2) is 0 Å². The fourth-order valence-electron chi connectivity index (χ4n) is 3.00. The van der Waals surface area contributed by atoms with Gasteiger partial charge in [0.1, 0.15) is 5.75 Å². The van der Waals surface area contributed by atoms with Gasteiger partial charge in [0, 0.05) is 19.6 Å². The van der Waals surface area contributed by atoms with Crippen molar-refractivity contribution >= 4 is 5.91 Å². The number of ether oxygens (including phenoxy) is 1. The summed E-state index contributed by atoms with van der Waals surface area (Å²) in [5, 5.41) is 12.4. The summed E-state index contributed by atoms with van der Waals surface area (Å²) in [6, 6.07) is 6.18. The second-order valence-corrected chi connectivity index (χ2v) is 6.26. The van der Waals surface area contributed by atoms with Gasteiger partial charge >= 0.3 is 0 Å². The topological polar surface area (TPSA) is 58.6 Å². The maximum atomic E-state index is 11.4. The van der Waals surface area contributed by atoms with Gasteiger partial charge in [-0.15, -0.1) is 0 Å². The summed E-state index contributed by atoms with van der Waals surface area (Å²) in [6.45, 7) is 5.62. The maximum Gasteiger partial charge on any atom is 0.219 e. The van der Waals surface area contributed by atoms with Crippen molar-refractivity contribution in [2.45, 2.75) is 51.9 Å². The van der Waals surface area contributed by atoms with Crippen LogP contribution in [0.4, 0.5) is 0 Å².